The summed E-state index contributed by atoms with van der Waals surface area (Å²) >= 11 is 0. The molecule has 2 N–H and O–H groups in total. The molecule has 2 unspecified atom stereocenters. The molecule has 112 valence electrons. The highest BCUT2D eigenvalue weighted by molar-refractivity contribution is 5.96. The van der Waals surface area contributed by atoms with Gasteiger partial charge in [-0.15, -0.1) is 0 Å². The van der Waals surface area contributed by atoms with E-state index in [4.69, 9.17) is 0 Å². The number of hydrogen-bond acceptors (Lipinski definition) is 3. The molecule has 2 aliphatic heterocycles. The molecule has 0 aliphatic carbocycles. The Morgan fingerprint density at radius 3 is 2.81 bits per heavy atom. The van der Waals surface area contributed by atoms with Gasteiger partial charge in [-0.2, -0.15) is 0 Å². The highest BCUT2D eigenvalue weighted by Crippen LogP contribution is 2.36. The Balaban J connectivity index is 1.81. The molecular formula is C16H20N2O3. The number of nitrogens with one attached hydrogen (secondary N) is 1. The lowest BCUT2D eigenvalue weighted by Crippen LogP contribution is -2.39. The fourth-order valence-corrected chi connectivity index (χ4v) is 3.32. The van der Waals surface area contributed by atoms with Crippen LogP contribution < -0.4 is 10.2 Å². The van der Waals surface area contributed by atoms with E-state index >= 15 is 0 Å². The lowest BCUT2D eigenvalue weighted by Gasteiger charge is -2.33. The van der Waals surface area contributed by atoms with E-state index in [1.165, 1.54) is 0 Å². The molecule has 3 rings (SSSR count). The third kappa shape index (κ3) is 2.78. The molecule has 1 aromatic carbocycles. The normalized spacial score (nSPS) is 24.7. The Kier molecular flexibility index (Phi) is 3.92. The lowest BCUT2D eigenvalue weighted by atomic mass is 9.89. The molecule has 2 aliphatic rings. The number of fused-ring (bicyclic) bond motifs is 1. The van der Waals surface area contributed by atoms with Crippen molar-refractivity contribution in [3.8, 4) is 0 Å². The fourth-order valence-electron chi connectivity index (χ4n) is 3.32. The van der Waals surface area contributed by atoms with E-state index < -0.39 is 11.9 Å². The fraction of sp³-hybridized carbons (Fsp3) is 0.500. The average Bonchev–Trinajstić information content (AvgIpc) is 2.98. The Hall–Kier alpha value is -1.88. The van der Waals surface area contributed by atoms with E-state index in [9.17, 15) is 14.7 Å². The predicted molar refractivity (Wildman–Crippen MR) is 79.4 cm³/mol. The van der Waals surface area contributed by atoms with E-state index in [2.05, 4.69) is 5.32 Å². The summed E-state index contributed by atoms with van der Waals surface area (Å²) in [6.07, 6.45) is 2.07. The number of amides is 1. The minimum atomic E-state index is -0.811. The average molecular weight is 288 g/mol. The number of carbonyl (C=O) groups is 2. The molecule has 5 heteroatoms. The molecule has 1 saturated heterocycles. The summed E-state index contributed by atoms with van der Waals surface area (Å²) in [4.78, 5) is 25.7. The van der Waals surface area contributed by atoms with Crippen LogP contribution in [0, 0.1) is 5.92 Å². The van der Waals surface area contributed by atoms with Gasteiger partial charge in [-0.05, 0) is 43.5 Å². The van der Waals surface area contributed by atoms with Crippen LogP contribution in [0.3, 0.4) is 0 Å². The van der Waals surface area contributed by atoms with Crippen molar-refractivity contribution in [3.63, 3.8) is 0 Å². The van der Waals surface area contributed by atoms with Crippen LogP contribution in [-0.2, 0) is 9.59 Å². The number of carboxylic acid groups (broad SMARTS) is 1. The number of hydrogen-bond donors (Lipinski definition) is 2. The van der Waals surface area contributed by atoms with Crippen LogP contribution in [0.5, 0.6) is 0 Å². The standard InChI is InChI=1S/C16H20N2O3/c19-15(9-11-5-7-17-10-11)18-8-6-13(16(20)21)12-3-1-2-4-14(12)18/h1-4,11,13,17H,5-10H2,(H,20,21). The Labute approximate surface area is 123 Å². The monoisotopic (exact) mass is 288 g/mol. The van der Waals surface area contributed by atoms with Crippen molar-refractivity contribution in [2.45, 2.75) is 25.2 Å². The zero-order valence-corrected chi connectivity index (χ0v) is 11.9. The molecule has 0 bridgehead atoms. The second-order valence-corrected chi connectivity index (χ2v) is 5.85. The van der Waals surface area contributed by atoms with Gasteiger partial charge < -0.3 is 15.3 Å². The molecule has 5 nitrogen and oxygen atoms in total. The molecule has 0 radical (unpaired) electrons. The smallest absolute Gasteiger partial charge is 0.311 e. The quantitative estimate of drug-likeness (QED) is 0.886. The summed E-state index contributed by atoms with van der Waals surface area (Å²) in [5.74, 6) is -0.796. The Bertz CT molecular complexity index is 552. The minimum Gasteiger partial charge on any atom is -0.481 e. The molecular weight excluding hydrogens is 268 g/mol. The third-order valence-electron chi connectivity index (χ3n) is 4.47. The topological polar surface area (TPSA) is 69.6 Å². The minimum absolute atomic E-state index is 0.111. The van der Waals surface area contributed by atoms with Crippen molar-refractivity contribution in [1.29, 1.82) is 0 Å². The molecule has 1 amide bonds. The highest BCUT2D eigenvalue weighted by Gasteiger charge is 2.33. The van der Waals surface area contributed by atoms with Gasteiger partial charge in [0.1, 0.15) is 0 Å². The van der Waals surface area contributed by atoms with Gasteiger partial charge >= 0.3 is 5.97 Å². The first-order chi connectivity index (χ1) is 10.2. The van der Waals surface area contributed by atoms with Gasteiger partial charge in [0.25, 0.3) is 0 Å². The second kappa shape index (κ2) is 5.85. The van der Waals surface area contributed by atoms with Gasteiger partial charge in [-0.1, -0.05) is 18.2 Å². The van der Waals surface area contributed by atoms with Gasteiger partial charge in [0, 0.05) is 18.7 Å². The van der Waals surface area contributed by atoms with Crippen LogP contribution in [0.15, 0.2) is 24.3 Å². The molecule has 2 heterocycles. The molecule has 1 aromatic rings. The first-order valence-corrected chi connectivity index (χ1v) is 7.49. The SMILES string of the molecule is O=C(O)C1CCN(C(=O)CC2CCNC2)c2ccccc21. The maximum atomic E-state index is 12.5. The van der Waals surface area contributed by atoms with Crippen LogP contribution in [0.25, 0.3) is 0 Å². The van der Waals surface area contributed by atoms with Crippen molar-refractivity contribution >= 4 is 17.6 Å². The first-order valence-electron chi connectivity index (χ1n) is 7.49. The molecule has 0 spiro atoms. The van der Waals surface area contributed by atoms with Gasteiger partial charge in [-0.25, -0.2) is 0 Å². The Morgan fingerprint density at radius 2 is 2.10 bits per heavy atom. The van der Waals surface area contributed by atoms with Crippen LogP contribution in [0.4, 0.5) is 5.69 Å². The lowest BCUT2D eigenvalue weighted by molar-refractivity contribution is -0.139. The summed E-state index contributed by atoms with van der Waals surface area (Å²) in [5, 5.41) is 12.6. The third-order valence-corrected chi connectivity index (χ3v) is 4.47. The number of anilines is 1. The maximum Gasteiger partial charge on any atom is 0.311 e. The highest BCUT2D eigenvalue weighted by atomic mass is 16.4. The number of aliphatic carboxylic acids is 1. The Morgan fingerprint density at radius 1 is 1.29 bits per heavy atom. The van der Waals surface area contributed by atoms with E-state index in [-0.39, 0.29) is 5.91 Å². The molecule has 2 atom stereocenters. The summed E-state index contributed by atoms with van der Waals surface area (Å²) in [5.41, 5.74) is 1.53. The van der Waals surface area contributed by atoms with Crippen molar-refractivity contribution in [1.82, 2.24) is 5.32 Å². The summed E-state index contributed by atoms with van der Waals surface area (Å²) < 4.78 is 0. The van der Waals surface area contributed by atoms with Crippen molar-refractivity contribution in [2.24, 2.45) is 5.92 Å². The zero-order chi connectivity index (χ0) is 14.8. The van der Waals surface area contributed by atoms with E-state index in [1.54, 1.807) is 4.90 Å². The van der Waals surface area contributed by atoms with Gasteiger partial charge in [0.2, 0.25) is 5.91 Å². The summed E-state index contributed by atoms with van der Waals surface area (Å²) in [6, 6.07) is 7.38. The summed E-state index contributed by atoms with van der Waals surface area (Å²) in [6.45, 7) is 2.38. The van der Waals surface area contributed by atoms with Crippen LogP contribution in [-0.4, -0.2) is 36.6 Å². The summed E-state index contributed by atoms with van der Waals surface area (Å²) in [7, 11) is 0. The molecule has 1 fully saturated rings. The number of nitrogens with zero attached hydrogens (tertiary/aromatic N) is 1. The van der Waals surface area contributed by atoms with Gasteiger partial charge in [-0.3, -0.25) is 9.59 Å². The van der Waals surface area contributed by atoms with Crippen LogP contribution in [0.1, 0.15) is 30.7 Å². The molecule has 0 aromatic heterocycles. The predicted octanol–water partition coefficient (Wildman–Crippen LogP) is 1.59. The van der Waals surface area contributed by atoms with Crippen molar-refractivity contribution in [2.75, 3.05) is 24.5 Å². The maximum absolute atomic E-state index is 12.5. The van der Waals surface area contributed by atoms with E-state index in [1.807, 2.05) is 24.3 Å². The zero-order valence-electron chi connectivity index (χ0n) is 11.9. The second-order valence-electron chi connectivity index (χ2n) is 5.85. The van der Waals surface area contributed by atoms with Crippen molar-refractivity contribution in [3.05, 3.63) is 29.8 Å². The van der Waals surface area contributed by atoms with Gasteiger partial charge in [0.15, 0.2) is 0 Å². The number of para-hydroxylation sites is 1. The van der Waals surface area contributed by atoms with E-state index in [0.717, 1.165) is 30.8 Å². The number of carboxylic acids is 1. The number of benzene rings is 1. The first kappa shape index (κ1) is 14.1. The molecule has 21 heavy (non-hydrogen) atoms. The number of carbonyl (C=O) groups excluding carboxylic acids is 1. The van der Waals surface area contributed by atoms with Crippen molar-refractivity contribution < 1.29 is 14.7 Å². The van der Waals surface area contributed by atoms with Crippen LogP contribution in [0.2, 0.25) is 0 Å². The largest absolute Gasteiger partial charge is 0.481 e. The van der Waals surface area contributed by atoms with Crippen LogP contribution >= 0.6 is 0 Å². The number of rotatable bonds is 3. The molecule has 0 saturated carbocycles. The van der Waals surface area contributed by atoms with E-state index in [0.29, 0.717) is 25.3 Å². The van der Waals surface area contributed by atoms with Gasteiger partial charge in [0.05, 0.1) is 5.92 Å².